The Morgan fingerprint density at radius 2 is 1.77 bits per heavy atom. The zero-order valence-corrected chi connectivity index (χ0v) is 21.3. The van der Waals surface area contributed by atoms with Crippen LogP contribution in [0.15, 0.2) is 30.6 Å². The van der Waals surface area contributed by atoms with E-state index < -0.39 is 5.41 Å². The van der Waals surface area contributed by atoms with Gasteiger partial charge in [-0.2, -0.15) is 0 Å². The number of aromatic nitrogens is 3. The predicted molar refractivity (Wildman–Crippen MR) is 139 cm³/mol. The first-order chi connectivity index (χ1) is 16.9. The molecule has 0 radical (unpaired) electrons. The summed E-state index contributed by atoms with van der Waals surface area (Å²) in [4.78, 5) is 27.7. The van der Waals surface area contributed by atoms with Crippen LogP contribution in [0, 0.1) is 0 Å². The second kappa shape index (κ2) is 7.78. The van der Waals surface area contributed by atoms with E-state index in [0.717, 1.165) is 46.4 Å². The minimum atomic E-state index is -0.512. The van der Waals surface area contributed by atoms with E-state index in [1.165, 1.54) is 45.2 Å². The van der Waals surface area contributed by atoms with E-state index in [9.17, 15) is 4.79 Å². The maximum atomic E-state index is 13.6. The zero-order valence-electron chi connectivity index (χ0n) is 20.5. The molecule has 6 nitrogen and oxygen atoms in total. The lowest BCUT2D eigenvalue weighted by molar-refractivity contribution is -0.123. The number of pyridine rings is 1. The first-order valence-corrected chi connectivity index (χ1v) is 13.6. The van der Waals surface area contributed by atoms with Gasteiger partial charge >= 0.3 is 0 Å². The third-order valence-corrected chi connectivity index (χ3v) is 9.05. The number of carbonyl (C=O) groups is 1. The Bertz CT molecular complexity index is 1330. The molecule has 4 aliphatic rings. The highest BCUT2D eigenvalue weighted by Gasteiger charge is 2.50. The number of hydrogen-bond donors (Lipinski definition) is 0. The van der Waals surface area contributed by atoms with Gasteiger partial charge in [0, 0.05) is 29.4 Å². The second-order valence-corrected chi connectivity index (χ2v) is 11.8. The lowest BCUT2D eigenvalue weighted by atomic mass is 9.82. The number of rotatable bonds is 4. The highest BCUT2D eigenvalue weighted by Crippen LogP contribution is 2.48. The molecule has 1 saturated heterocycles. The Kier molecular flexibility index (Phi) is 4.85. The summed E-state index contributed by atoms with van der Waals surface area (Å²) in [7, 11) is 0. The van der Waals surface area contributed by atoms with Crippen molar-refractivity contribution in [3.63, 3.8) is 0 Å². The van der Waals surface area contributed by atoms with E-state index in [4.69, 9.17) is 16.6 Å². The van der Waals surface area contributed by atoms with Gasteiger partial charge in [0.15, 0.2) is 5.15 Å². The molecule has 1 amide bonds. The van der Waals surface area contributed by atoms with Gasteiger partial charge in [0.25, 0.3) is 0 Å². The number of imidazole rings is 1. The van der Waals surface area contributed by atoms with E-state index in [0.29, 0.717) is 17.2 Å². The molecule has 2 saturated carbocycles. The van der Waals surface area contributed by atoms with E-state index in [2.05, 4.69) is 51.4 Å². The van der Waals surface area contributed by atoms with Crippen LogP contribution in [0.4, 0.5) is 5.69 Å². The fourth-order valence-electron chi connectivity index (χ4n) is 6.45. The first-order valence-electron chi connectivity index (χ1n) is 13.2. The highest BCUT2D eigenvalue weighted by molar-refractivity contribution is 6.34. The van der Waals surface area contributed by atoms with Crippen molar-refractivity contribution < 1.29 is 4.79 Å². The zero-order chi connectivity index (χ0) is 23.9. The van der Waals surface area contributed by atoms with E-state index in [1.807, 2.05) is 12.4 Å². The number of amides is 1. The Labute approximate surface area is 211 Å². The van der Waals surface area contributed by atoms with Crippen molar-refractivity contribution >= 4 is 34.2 Å². The Hall–Kier alpha value is -2.44. The van der Waals surface area contributed by atoms with Crippen LogP contribution in [0.5, 0.6) is 0 Å². The largest absolute Gasteiger partial charge is 0.325 e. The quantitative estimate of drug-likeness (QED) is 0.439. The van der Waals surface area contributed by atoms with Crippen molar-refractivity contribution in [3.8, 4) is 11.3 Å². The fraction of sp³-hybridized carbons (Fsp3) is 0.536. The minimum Gasteiger partial charge on any atom is -0.325 e. The summed E-state index contributed by atoms with van der Waals surface area (Å²) in [5, 5.41) is 0.499. The van der Waals surface area contributed by atoms with Crippen molar-refractivity contribution in [3.05, 3.63) is 41.3 Å². The van der Waals surface area contributed by atoms with Gasteiger partial charge in [0.05, 0.1) is 23.0 Å². The third-order valence-electron chi connectivity index (χ3n) is 8.79. The summed E-state index contributed by atoms with van der Waals surface area (Å²) >= 11 is 6.68. The highest BCUT2D eigenvalue weighted by atomic mass is 35.5. The van der Waals surface area contributed by atoms with Crippen LogP contribution >= 0.6 is 11.6 Å². The molecule has 0 atom stereocenters. The molecule has 0 bridgehead atoms. The van der Waals surface area contributed by atoms with Gasteiger partial charge in [-0.05, 0) is 83.2 Å². The molecule has 7 rings (SSSR count). The number of piperidine rings is 1. The van der Waals surface area contributed by atoms with Gasteiger partial charge in [0.2, 0.25) is 5.91 Å². The minimum absolute atomic E-state index is 0.219. The van der Waals surface area contributed by atoms with Crippen molar-refractivity contribution in [2.75, 3.05) is 18.0 Å². The molecule has 182 valence electrons. The van der Waals surface area contributed by atoms with Crippen molar-refractivity contribution in [2.45, 2.75) is 82.3 Å². The summed E-state index contributed by atoms with van der Waals surface area (Å²) in [6.07, 6.45) is 10.3. The lowest BCUT2D eigenvalue weighted by Crippen LogP contribution is -2.57. The number of carbonyl (C=O) groups excluding carboxylic acids is 1. The number of nitrogens with zero attached hydrogens (tertiary/aromatic N) is 5. The lowest BCUT2D eigenvalue weighted by Gasteiger charge is -2.48. The number of anilines is 1. The second-order valence-electron chi connectivity index (χ2n) is 11.5. The monoisotopic (exact) mass is 489 g/mol. The van der Waals surface area contributed by atoms with Crippen LogP contribution in [-0.4, -0.2) is 50.5 Å². The summed E-state index contributed by atoms with van der Waals surface area (Å²) in [6, 6.07) is 9.78. The summed E-state index contributed by atoms with van der Waals surface area (Å²) < 4.78 is 2.16. The van der Waals surface area contributed by atoms with Crippen LogP contribution in [0.25, 0.3) is 22.3 Å². The number of likely N-dealkylation sites (tertiary alicyclic amines) is 1. The molecule has 2 aromatic heterocycles. The van der Waals surface area contributed by atoms with E-state index in [1.54, 1.807) is 0 Å². The average Bonchev–Trinajstić information content (AvgIpc) is 3.55. The van der Waals surface area contributed by atoms with E-state index >= 15 is 0 Å². The van der Waals surface area contributed by atoms with Crippen molar-refractivity contribution in [1.29, 1.82) is 0 Å². The van der Waals surface area contributed by atoms with Gasteiger partial charge in [-0.25, -0.2) is 9.97 Å². The van der Waals surface area contributed by atoms with Crippen LogP contribution < -0.4 is 4.90 Å². The fourth-order valence-corrected chi connectivity index (χ4v) is 6.74. The van der Waals surface area contributed by atoms with Crippen molar-refractivity contribution in [1.82, 2.24) is 19.4 Å². The normalized spacial score (nSPS) is 26.3. The molecule has 3 fully saturated rings. The van der Waals surface area contributed by atoms with Crippen LogP contribution in [-0.2, 0) is 10.2 Å². The number of halogens is 1. The maximum absolute atomic E-state index is 13.6. The molecule has 0 spiro atoms. The Morgan fingerprint density at radius 3 is 2.51 bits per heavy atom. The molecule has 2 aliphatic heterocycles. The average molecular weight is 490 g/mol. The van der Waals surface area contributed by atoms with Gasteiger partial charge in [-0.1, -0.05) is 30.2 Å². The van der Waals surface area contributed by atoms with Crippen LogP contribution in [0.3, 0.4) is 0 Å². The SMILES string of the molecule is CC1(C)C(=O)N([C@H]2C[C@@H](N3CCCCC3)C2)c2cc(-c3cc4ncn(C5CC5)c4c(Cl)n3)ccc21. The van der Waals surface area contributed by atoms with Gasteiger partial charge in [0.1, 0.15) is 5.52 Å². The van der Waals surface area contributed by atoms with Gasteiger partial charge in [-0.3, -0.25) is 4.79 Å². The number of hydrogen-bond acceptors (Lipinski definition) is 4. The van der Waals surface area contributed by atoms with Gasteiger partial charge < -0.3 is 14.4 Å². The molecule has 1 aromatic carbocycles. The third kappa shape index (κ3) is 3.36. The molecule has 0 N–H and O–H groups in total. The summed E-state index contributed by atoms with van der Waals surface area (Å²) in [6.45, 7) is 6.53. The predicted octanol–water partition coefficient (Wildman–Crippen LogP) is 5.73. The van der Waals surface area contributed by atoms with Crippen LogP contribution in [0.1, 0.15) is 70.4 Å². The topological polar surface area (TPSA) is 54.3 Å². The van der Waals surface area contributed by atoms with E-state index in [-0.39, 0.29) is 11.9 Å². The summed E-state index contributed by atoms with van der Waals surface area (Å²) in [5.74, 6) is 0.219. The molecule has 0 unspecified atom stereocenters. The standard InChI is InChI=1S/C28H32ClN5O/c1-28(2)21-9-6-17(22-15-23-25(26(29)31-22)33(16-30-23)18-7-8-18)12-24(21)34(27(28)35)20-13-19(14-20)32-10-4-3-5-11-32/h6,9,12,15-16,18-20H,3-5,7-8,10-11,13-14H2,1-2H3/t19-,20+. The molecule has 3 aromatic rings. The molecular weight excluding hydrogens is 458 g/mol. The molecule has 7 heteroatoms. The van der Waals surface area contributed by atoms with Crippen LogP contribution in [0.2, 0.25) is 5.15 Å². The molecule has 4 heterocycles. The Morgan fingerprint density at radius 1 is 1.00 bits per heavy atom. The van der Waals surface area contributed by atoms with Crippen molar-refractivity contribution in [2.24, 2.45) is 0 Å². The summed E-state index contributed by atoms with van der Waals surface area (Å²) in [5.41, 5.74) is 5.24. The number of benzene rings is 1. The molecular formula is C28H32ClN5O. The maximum Gasteiger partial charge on any atom is 0.237 e. The van der Waals surface area contributed by atoms with Gasteiger partial charge in [-0.15, -0.1) is 0 Å². The smallest absolute Gasteiger partial charge is 0.237 e. The Balaban J connectivity index is 1.22. The molecule has 2 aliphatic carbocycles. The number of fused-ring (bicyclic) bond motifs is 2. The first kappa shape index (κ1) is 21.8. The molecule has 35 heavy (non-hydrogen) atoms.